The molecule has 1 aromatic rings. The van der Waals surface area contributed by atoms with Crippen molar-refractivity contribution in [3.05, 3.63) is 34.9 Å². The lowest BCUT2D eigenvalue weighted by molar-refractivity contribution is 0.0478. The number of rotatable bonds is 11. The van der Waals surface area contributed by atoms with Crippen molar-refractivity contribution >= 4 is 0 Å². The van der Waals surface area contributed by atoms with E-state index in [9.17, 15) is 0 Å². The van der Waals surface area contributed by atoms with E-state index in [0.717, 1.165) is 19.6 Å². The fraction of sp³-hybridized carbons (Fsp3) is 0.647. The summed E-state index contributed by atoms with van der Waals surface area (Å²) in [4.78, 5) is 0. The zero-order valence-corrected chi connectivity index (χ0v) is 13.8. The molecule has 0 aromatic heterocycles. The fourth-order valence-corrected chi connectivity index (χ4v) is 2.27. The van der Waals surface area contributed by atoms with Gasteiger partial charge in [0, 0.05) is 20.3 Å². The molecule has 0 fully saturated rings. The van der Waals surface area contributed by atoms with Crippen molar-refractivity contribution in [2.45, 2.75) is 26.3 Å². The van der Waals surface area contributed by atoms with Gasteiger partial charge in [-0.25, -0.2) is 0 Å². The van der Waals surface area contributed by atoms with Crippen LogP contribution in [0.5, 0.6) is 0 Å². The molecule has 21 heavy (non-hydrogen) atoms. The van der Waals surface area contributed by atoms with E-state index in [-0.39, 0.29) is 6.04 Å². The normalized spacial score (nSPS) is 12.6. The lowest BCUT2D eigenvalue weighted by Gasteiger charge is -2.18. The Hall–Kier alpha value is -0.940. The molecule has 0 saturated carbocycles. The number of nitrogens with one attached hydrogen (secondary N) is 1. The van der Waals surface area contributed by atoms with Crippen LogP contribution in [0.2, 0.25) is 0 Å². The van der Waals surface area contributed by atoms with Gasteiger partial charge in [-0.15, -0.1) is 0 Å². The van der Waals surface area contributed by atoms with E-state index in [0.29, 0.717) is 19.8 Å². The van der Waals surface area contributed by atoms with Crippen molar-refractivity contribution in [1.29, 1.82) is 0 Å². The number of likely N-dealkylation sites (N-methyl/N-ethyl adjacent to an activating group) is 1. The van der Waals surface area contributed by atoms with Gasteiger partial charge in [-0.2, -0.15) is 0 Å². The molecule has 0 amide bonds. The van der Waals surface area contributed by atoms with Crippen molar-refractivity contribution < 1.29 is 14.2 Å². The standard InChI is InChI=1S/C17H29NO3/c1-14-10-15(2)12-16(11-14)17(18-3)13-21-7-5-6-20-9-8-19-4/h10-12,17-18H,5-9,13H2,1-4H3. The number of benzene rings is 1. The van der Waals surface area contributed by atoms with E-state index < -0.39 is 0 Å². The largest absolute Gasteiger partial charge is 0.382 e. The predicted molar refractivity (Wildman–Crippen MR) is 85.8 cm³/mol. The Morgan fingerprint density at radius 1 is 0.952 bits per heavy atom. The lowest BCUT2D eigenvalue weighted by atomic mass is 10.0. The van der Waals surface area contributed by atoms with Gasteiger partial charge in [-0.05, 0) is 32.9 Å². The first-order valence-corrected chi connectivity index (χ1v) is 7.57. The molecule has 4 heteroatoms. The minimum Gasteiger partial charge on any atom is -0.382 e. The molecule has 1 atom stereocenters. The SMILES string of the molecule is CNC(COCCCOCCOC)c1cc(C)cc(C)c1. The molecule has 1 rings (SSSR count). The molecule has 0 aliphatic rings. The first kappa shape index (κ1) is 18.1. The minimum atomic E-state index is 0.234. The molecule has 0 spiro atoms. The highest BCUT2D eigenvalue weighted by Crippen LogP contribution is 2.17. The van der Waals surface area contributed by atoms with Gasteiger partial charge in [0.2, 0.25) is 0 Å². The molecule has 0 aliphatic heterocycles. The van der Waals surface area contributed by atoms with E-state index in [2.05, 4.69) is 37.4 Å². The highest BCUT2D eigenvalue weighted by atomic mass is 16.5. The Kier molecular flexibility index (Phi) is 9.26. The van der Waals surface area contributed by atoms with Gasteiger partial charge in [0.05, 0.1) is 25.9 Å². The van der Waals surface area contributed by atoms with Crippen LogP contribution in [0.25, 0.3) is 0 Å². The van der Waals surface area contributed by atoms with Crippen molar-refractivity contribution in [3.8, 4) is 0 Å². The third-order valence-electron chi connectivity index (χ3n) is 3.29. The summed E-state index contributed by atoms with van der Waals surface area (Å²) in [5.41, 5.74) is 3.86. The second kappa shape index (κ2) is 10.7. The highest BCUT2D eigenvalue weighted by Gasteiger charge is 2.10. The molecular weight excluding hydrogens is 266 g/mol. The van der Waals surface area contributed by atoms with Crippen molar-refractivity contribution in [1.82, 2.24) is 5.32 Å². The molecule has 0 saturated heterocycles. The summed E-state index contributed by atoms with van der Waals surface area (Å²) in [6, 6.07) is 6.85. The zero-order chi connectivity index (χ0) is 15.5. The van der Waals surface area contributed by atoms with Gasteiger partial charge in [-0.3, -0.25) is 0 Å². The maximum absolute atomic E-state index is 5.75. The van der Waals surface area contributed by atoms with Crippen LogP contribution >= 0.6 is 0 Å². The third-order valence-corrected chi connectivity index (χ3v) is 3.29. The lowest BCUT2D eigenvalue weighted by Crippen LogP contribution is -2.22. The number of methoxy groups -OCH3 is 1. The monoisotopic (exact) mass is 295 g/mol. The first-order chi connectivity index (χ1) is 10.2. The topological polar surface area (TPSA) is 39.7 Å². The number of hydrogen-bond acceptors (Lipinski definition) is 4. The smallest absolute Gasteiger partial charge is 0.0700 e. The zero-order valence-electron chi connectivity index (χ0n) is 13.8. The van der Waals surface area contributed by atoms with E-state index >= 15 is 0 Å². The van der Waals surface area contributed by atoms with Crippen molar-refractivity contribution in [2.24, 2.45) is 0 Å². The van der Waals surface area contributed by atoms with E-state index in [1.54, 1.807) is 7.11 Å². The van der Waals surface area contributed by atoms with E-state index in [1.807, 2.05) is 7.05 Å². The van der Waals surface area contributed by atoms with Crippen molar-refractivity contribution in [2.75, 3.05) is 47.2 Å². The van der Waals surface area contributed by atoms with Gasteiger partial charge < -0.3 is 19.5 Å². The summed E-state index contributed by atoms with van der Waals surface area (Å²) in [5.74, 6) is 0. The minimum absolute atomic E-state index is 0.234. The van der Waals surface area contributed by atoms with Crippen LogP contribution in [-0.2, 0) is 14.2 Å². The molecular formula is C17H29NO3. The second-order valence-corrected chi connectivity index (χ2v) is 5.30. The van der Waals surface area contributed by atoms with Crippen LogP contribution in [0.1, 0.15) is 29.2 Å². The fourth-order valence-electron chi connectivity index (χ4n) is 2.27. The molecule has 1 unspecified atom stereocenters. The first-order valence-electron chi connectivity index (χ1n) is 7.57. The van der Waals surface area contributed by atoms with Crippen LogP contribution in [0.15, 0.2) is 18.2 Å². The van der Waals surface area contributed by atoms with Gasteiger partial charge >= 0.3 is 0 Å². The Morgan fingerprint density at radius 3 is 2.24 bits per heavy atom. The Labute approximate surface area is 128 Å². The maximum atomic E-state index is 5.75. The summed E-state index contributed by atoms with van der Waals surface area (Å²) in [7, 11) is 3.65. The number of hydrogen-bond donors (Lipinski definition) is 1. The summed E-state index contributed by atoms with van der Waals surface area (Å²) in [6.07, 6.45) is 0.910. The van der Waals surface area contributed by atoms with Crippen LogP contribution in [0.4, 0.5) is 0 Å². The molecule has 1 N–H and O–H groups in total. The van der Waals surface area contributed by atoms with Crippen LogP contribution in [0, 0.1) is 13.8 Å². The highest BCUT2D eigenvalue weighted by molar-refractivity contribution is 5.30. The molecule has 120 valence electrons. The average Bonchev–Trinajstić information content (AvgIpc) is 2.44. The molecule has 0 radical (unpaired) electrons. The Balaban J connectivity index is 2.25. The van der Waals surface area contributed by atoms with Crippen molar-refractivity contribution in [3.63, 3.8) is 0 Å². The van der Waals surface area contributed by atoms with Crippen LogP contribution in [0.3, 0.4) is 0 Å². The van der Waals surface area contributed by atoms with Gasteiger partial charge in [0.25, 0.3) is 0 Å². The second-order valence-electron chi connectivity index (χ2n) is 5.30. The molecule has 4 nitrogen and oxygen atoms in total. The molecule has 0 aliphatic carbocycles. The van der Waals surface area contributed by atoms with E-state index in [1.165, 1.54) is 16.7 Å². The van der Waals surface area contributed by atoms with Gasteiger partial charge in [0.15, 0.2) is 0 Å². The summed E-state index contributed by atoms with van der Waals surface area (Å²) in [5, 5.41) is 3.32. The Bertz CT molecular complexity index is 375. The van der Waals surface area contributed by atoms with Gasteiger partial charge in [-0.1, -0.05) is 29.3 Å². The maximum Gasteiger partial charge on any atom is 0.0700 e. The number of aryl methyl sites for hydroxylation is 2. The van der Waals surface area contributed by atoms with Gasteiger partial charge in [0.1, 0.15) is 0 Å². The predicted octanol–water partition coefficient (Wildman–Crippen LogP) is 2.63. The van der Waals surface area contributed by atoms with E-state index in [4.69, 9.17) is 14.2 Å². The average molecular weight is 295 g/mol. The third kappa shape index (κ3) is 7.58. The molecule has 0 bridgehead atoms. The number of ether oxygens (including phenoxy) is 3. The summed E-state index contributed by atoms with van der Waals surface area (Å²) < 4.78 is 16.1. The Morgan fingerprint density at radius 2 is 1.62 bits per heavy atom. The molecule has 1 aromatic carbocycles. The van der Waals surface area contributed by atoms with Crippen LogP contribution in [-0.4, -0.2) is 47.2 Å². The molecule has 0 heterocycles. The summed E-state index contributed by atoms with van der Waals surface area (Å²) >= 11 is 0. The quantitative estimate of drug-likeness (QED) is 0.637. The summed E-state index contributed by atoms with van der Waals surface area (Å²) in [6.45, 7) is 7.67. The van der Waals surface area contributed by atoms with Crippen LogP contribution < -0.4 is 5.32 Å².